The molecular weight excluding hydrogens is 200 g/mol. The number of benzene rings is 1. The molecule has 0 heterocycles. The van der Waals surface area contributed by atoms with Crippen molar-refractivity contribution in [1.29, 1.82) is 10.5 Å². The van der Waals surface area contributed by atoms with Gasteiger partial charge in [0, 0.05) is 11.1 Å². The van der Waals surface area contributed by atoms with E-state index in [1.807, 2.05) is 12.1 Å². The highest BCUT2D eigenvalue weighted by Gasteiger charge is 2.07. The van der Waals surface area contributed by atoms with E-state index in [9.17, 15) is 0 Å². The van der Waals surface area contributed by atoms with Crippen LogP contribution in [0.3, 0.4) is 0 Å². The molecular formula is C10H7ClN2O. The third kappa shape index (κ3) is 2.39. The smallest absolute Gasteiger partial charge is 0.181 e. The van der Waals surface area contributed by atoms with E-state index >= 15 is 0 Å². The molecule has 4 heteroatoms. The van der Waals surface area contributed by atoms with Gasteiger partial charge in [0.1, 0.15) is 17.9 Å². The number of hydrogen-bond acceptors (Lipinski definition) is 3. The normalized spacial score (nSPS) is 11.1. The molecule has 0 aromatic heterocycles. The van der Waals surface area contributed by atoms with Crippen LogP contribution in [0, 0.1) is 22.7 Å². The van der Waals surface area contributed by atoms with Crippen molar-refractivity contribution in [3.63, 3.8) is 0 Å². The Morgan fingerprint density at radius 2 is 2.14 bits per heavy atom. The first kappa shape index (κ1) is 10.4. The minimum absolute atomic E-state index is 0.342. The predicted molar refractivity (Wildman–Crippen MR) is 51.9 cm³/mol. The van der Waals surface area contributed by atoms with Gasteiger partial charge in [0.05, 0.1) is 5.56 Å². The van der Waals surface area contributed by atoms with E-state index in [0.29, 0.717) is 16.3 Å². The Morgan fingerprint density at radius 3 is 2.71 bits per heavy atom. The molecule has 0 N–H and O–H groups in total. The summed E-state index contributed by atoms with van der Waals surface area (Å²) in [4.78, 5) is 0. The molecule has 14 heavy (non-hydrogen) atoms. The maximum Gasteiger partial charge on any atom is 0.181 e. The van der Waals surface area contributed by atoms with Crippen molar-refractivity contribution in [2.45, 2.75) is 13.0 Å². The fraction of sp³-hybridized carbons (Fsp3) is 0.200. The summed E-state index contributed by atoms with van der Waals surface area (Å²) in [7, 11) is 0. The van der Waals surface area contributed by atoms with Crippen LogP contribution in [0.25, 0.3) is 0 Å². The summed E-state index contributed by atoms with van der Waals surface area (Å²) in [6, 6.07) is 8.55. The van der Waals surface area contributed by atoms with Crippen LogP contribution in [0.5, 0.6) is 5.75 Å². The zero-order valence-corrected chi connectivity index (χ0v) is 8.25. The molecule has 0 aliphatic carbocycles. The van der Waals surface area contributed by atoms with Gasteiger partial charge in [0.15, 0.2) is 6.10 Å². The van der Waals surface area contributed by atoms with Crippen LogP contribution in [0.15, 0.2) is 18.2 Å². The molecule has 0 amide bonds. The van der Waals surface area contributed by atoms with Crippen LogP contribution >= 0.6 is 11.6 Å². The molecule has 0 spiro atoms. The van der Waals surface area contributed by atoms with Crippen molar-refractivity contribution < 1.29 is 4.74 Å². The van der Waals surface area contributed by atoms with Crippen LogP contribution in [-0.2, 0) is 0 Å². The van der Waals surface area contributed by atoms with Gasteiger partial charge in [-0.1, -0.05) is 11.6 Å². The summed E-state index contributed by atoms with van der Waals surface area (Å²) in [5.41, 5.74) is 0.372. The minimum Gasteiger partial charge on any atom is -0.474 e. The van der Waals surface area contributed by atoms with Crippen molar-refractivity contribution in [3.8, 4) is 17.9 Å². The number of halogens is 1. The van der Waals surface area contributed by atoms with Crippen molar-refractivity contribution >= 4 is 11.6 Å². The predicted octanol–water partition coefficient (Wildman–Crippen LogP) is 2.50. The highest BCUT2D eigenvalue weighted by molar-refractivity contribution is 6.30. The number of nitrogens with zero attached hydrogens (tertiary/aromatic N) is 2. The van der Waals surface area contributed by atoms with E-state index in [1.165, 1.54) is 6.07 Å². The molecule has 0 radical (unpaired) electrons. The molecule has 3 nitrogen and oxygen atoms in total. The van der Waals surface area contributed by atoms with Crippen molar-refractivity contribution in [1.82, 2.24) is 0 Å². The van der Waals surface area contributed by atoms with E-state index in [-0.39, 0.29) is 0 Å². The topological polar surface area (TPSA) is 56.8 Å². The highest BCUT2D eigenvalue weighted by Crippen LogP contribution is 2.23. The fourth-order valence-corrected chi connectivity index (χ4v) is 1.06. The van der Waals surface area contributed by atoms with Crippen molar-refractivity contribution in [2.75, 3.05) is 0 Å². The number of rotatable bonds is 2. The molecule has 0 aliphatic heterocycles. The standard InChI is InChI=1S/C10H7ClN2O/c1-7(5-12)14-10-4-9(11)3-2-8(10)6-13/h2-4,7H,1H3. The lowest BCUT2D eigenvalue weighted by molar-refractivity contribution is 0.276. The van der Waals surface area contributed by atoms with E-state index in [2.05, 4.69) is 0 Å². The number of nitriles is 2. The second-order valence-electron chi connectivity index (χ2n) is 2.64. The second kappa shape index (κ2) is 4.50. The lowest BCUT2D eigenvalue weighted by atomic mass is 10.2. The third-order valence-corrected chi connectivity index (χ3v) is 1.78. The summed E-state index contributed by atoms with van der Waals surface area (Å²) in [6.07, 6.45) is -0.597. The van der Waals surface area contributed by atoms with Gasteiger partial charge >= 0.3 is 0 Å². The summed E-state index contributed by atoms with van der Waals surface area (Å²) >= 11 is 5.73. The van der Waals surface area contributed by atoms with Gasteiger partial charge in [0.25, 0.3) is 0 Å². The van der Waals surface area contributed by atoms with E-state index < -0.39 is 6.10 Å². The first-order chi connectivity index (χ1) is 6.67. The first-order valence-electron chi connectivity index (χ1n) is 3.93. The van der Waals surface area contributed by atoms with Gasteiger partial charge in [-0.25, -0.2) is 0 Å². The Labute approximate surface area is 87.1 Å². The first-order valence-corrected chi connectivity index (χ1v) is 4.31. The zero-order chi connectivity index (χ0) is 10.6. The van der Waals surface area contributed by atoms with Gasteiger partial charge in [-0.15, -0.1) is 0 Å². The Bertz CT molecular complexity index is 417. The van der Waals surface area contributed by atoms with Crippen LogP contribution in [0.1, 0.15) is 12.5 Å². The van der Waals surface area contributed by atoms with Crippen LogP contribution in [0.2, 0.25) is 5.02 Å². The Hall–Kier alpha value is -1.71. The molecule has 1 rings (SSSR count). The molecule has 1 aromatic rings. The average molecular weight is 207 g/mol. The molecule has 70 valence electrons. The average Bonchev–Trinajstić information content (AvgIpc) is 2.18. The van der Waals surface area contributed by atoms with Crippen molar-refractivity contribution in [3.05, 3.63) is 28.8 Å². The second-order valence-corrected chi connectivity index (χ2v) is 3.08. The van der Waals surface area contributed by atoms with Gasteiger partial charge in [-0.2, -0.15) is 10.5 Å². The lowest BCUT2D eigenvalue weighted by Gasteiger charge is -2.08. The Kier molecular flexibility index (Phi) is 3.34. The summed E-state index contributed by atoms with van der Waals surface area (Å²) < 4.78 is 5.20. The van der Waals surface area contributed by atoms with Gasteiger partial charge in [-0.05, 0) is 19.1 Å². The van der Waals surface area contributed by atoms with Gasteiger partial charge in [-0.3, -0.25) is 0 Å². The lowest BCUT2D eigenvalue weighted by Crippen LogP contribution is -2.09. The SMILES string of the molecule is CC(C#N)Oc1cc(Cl)ccc1C#N. The van der Waals surface area contributed by atoms with Gasteiger partial charge < -0.3 is 4.74 Å². The molecule has 0 saturated heterocycles. The summed E-state index contributed by atoms with van der Waals surface area (Å²) in [5.74, 6) is 0.342. The van der Waals surface area contributed by atoms with E-state index in [4.69, 9.17) is 26.9 Å². The quantitative estimate of drug-likeness (QED) is 0.747. The zero-order valence-electron chi connectivity index (χ0n) is 7.49. The van der Waals surface area contributed by atoms with Crippen LogP contribution in [-0.4, -0.2) is 6.10 Å². The highest BCUT2D eigenvalue weighted by atomic mass is 35.5. The maximum atomic E-state index is 8.74. The van der Waals surface area contributed by atoms with Gasteiger partial charge in [0.2, 0.25) is 0 Å². The molecule has 0 fully saturated rings. The molecule has 0 saturated carbocycles. The number of hydrogen-bond donors (Lipinski definition) is 0. The fourth-order valence-electron chi connectivity index (χ4n) is 0.903. The molecule has 1 atom stereocenters. The molecule has 1 aromatic carbocycles. The maximum absolute atomic E-state index is 8.74. The van der Waals surface area contributed by atoms with E-state index in [0.717, 1.165) is 0 Å². The largest absolute Gasteiger partial charge is 0.474 e. The summed E-state index contributed by atoms with van der Waals surface area (Å²) in [6.45, 7) is 1.60. The third-order valence-electron chi connectivity index (χ3n) is 1.55. The van der Waals surface area contributed by atoms with Crippen LogP contribution in [0.4, 0.5) is 0 Å². The molecule has 0 aliphatic rings. The molecule has 0 bridgehead atoms. The van der Waals surface area contributed by atoms with Crippen molar-refractivity contribution in [2.24, 2.45) is 0 Å². The monoisotopic (exact) mass is 206 g/mol. The van der Waals surface area contributed by atoms with E-state index in [1.54, 1.807) is 19.1 Å². The summed E-state index contributed by atoms with van der Waals surface area (Å²) in [5, 5.41) is 17.8. The Morgan fingerprint density at radius 1 is 1.43 bits per heavy atom. The van der Waals surface area contributed by atoms with Crippen LogP contribution < -0.4 is 4.74 Å². The minimum atomic E-state index is -0.597. The Balaban J connectivity index is 3.02. The number of ether oxygens (including phenoxy) is 1. The molecule has 1 unspecified atom stereocenters.